The molecule has 0 amide bonds. The molecule has 0 bridgehead atoms. The molecular formula is C11H14O2. The van der Waals surface area contributed by atoms with Crippen LogP contribution in [0, 0.1) is 5.41 Å². The van der Waals surface area contributed by atoms with Gasteiger partial charge >= 0.3 is 0 Å². The summed E-state index contributed by atoms with van der Waals surface area (Å²) in [6, 6.07) is 9.49. The van der Waals surface area contributed by atoms with Gasteiger partial charge in [0, 0.05) is 0 Å². The number of carbonyl (C=O) groups is 1. The SMILES string of the molecule is CC(C)(C=O)COc1ccccc1. The van der Waals surface area contributed by atoms with Crippen molar-refractivity contribution in [3.8, 4) is 5.75 Å². The molecule has 0 atom stereocenters. The molecule has 0 radical (unpaired) electrons. The van der Waals surface area contributed by atoms with E-state index in [1.807, 2.05) is 44.2 Å². The molecular weight excluding hydrogens is 164 g/mol. The van der Waals surface area contributed by atoms with Gasteiger partial charge in [0.15, 0.2) is 0 Å². The third kappa shape index (κ3) is 3.28. The first-order valence-corrected chi connectivity index (χ1v) is 4.28. The summed E-state index contributed by atoms with van der Waals surface area (Å²) >= 11 is 0. The molecule has 0 unspecified atom stereocenters. The Labute approximate surface area is 78.5 Å². The predicted octanol–water partition coefficient (Wildman–Crippen LogP) is 2.29. The van der Waals surface area contributed by atoms with E-state index in [1.54, 1.807) is 0 Å². The minimum absolute atomic E-state index is 0.407. The van der Waals surface area contributed by atoms with Gasteiger partial charge in [-0.2, -0.15) is 0 Å². The first kappa shape index (κ1) is 9.78. The predicted molar refractivity (Wildman–Crippen MR) is 51.8 cm³/mol. The minimum Gasteiger partial charge on any atom is -0.493 e. The molecule has 0 spiro atoms. The first-order valence-electron chi connectivity index (χ1n) is 4.28. The first-order chi connectivity index (χ1) is 6.14. The van der Waals surface area contributed by atoms with E-state index < -0.39 is 5.41 Å². The van der Waals surface area contributed by atoms with Gasteiger partial charge in [-0.3, -0.25) is 0 Å². The zero-order valence-electron chi connectivity index (χ0n) is 7.99. The van der Waals surface area contributed by atoms with Crippen molar-refractivity contribution in [2.75, 3.05) is 6.61 Å². The summed E-state index contributed by atoms with van der Waals surface area (Å²) in [7, 11) is 0. The summed E-state index contributed by atoms with van der Waals surface area (Å²) in [5, 5.41) is 0. The molecule has 13 heavy (non-hydrogen) atoms. The van der Waals surface area contributed by atoms with Crippen LogP contribution < -0.4 is 4.74 Å². The zero-order valence-corrected chi connectivity index (χ0v) is 7.99. The maximum Gasteiger partial charge on any atom is 0.128 e. The van der Waals surface area contributed by atoms with E-state index in [9.17, 15) is 4.79 Å². The number of hydrogen-bond donors (Lipinski definition) is 0. The molecule has 0 saturated heterocycles. The average Bonchev–Trinajstić information content (AvgIpc) is 2.17. The van der Waals surface area contributed by atoms with E-state index >= 15 is 0 Å². The van der Waals surface area contributed by atoms with Crippen LogP contribution in [0.3, 0.4) is 0 Å². The van der Waals surface area contributed by atoms with E-state index in [0.717, 1.165) is 12.0 Å². The average molecular weight is 178 g/mol. The van der Waals surface area contributed by atoms with Crippen LogP contribution in [-0.2, 0) is 4.79 Å². The molecule has 1 aromatic rings. The topological polar surface area (TPSA) is 26.3 Å². The lowest BCUT2D eigenvalue weighted by Crippen LogP contribution is -2.22. The van der Waals surface area contributed by atoms with Gasteiger partial charge in [0.25, 0.3) is 0 Å². The normalized spacial score (nSPS) is 10.9. The second-order valence-corrected chi connectivity index (χ2v) is 3.71. The molecule has 0 aliphatic carbocycles. The fourth-order valence-corrected chi connectivity index (χ4v) is 0.820. The number of carbonyl (C=O) groups excluding carboxylic acids is 1. The van der Waals surface area contributed by atoms with Gasteiger partial charge in [0.1, 0.15) is 12.0 Å². The van der Waals surface area contributed by atoms with E-state index in [2.05, 4.69) is 0 Å². The highest BCUT2D eigenvalue weighted by Crippen LogP contribution is 2.15. The van der Waals surface area contributed by atoms with Crippen LogP contribution in [0.25, 0.3) is 0 Å². The summed E-state index contributed by atoms with van der Waals surface area (Å²) in [4.78, 5) is 10.6. The van der Waals surface area contributed by atoms with Crippen LogP contribution in [0.5, 0.6) is 5.75 Å². The zero-order chi connectivity index (χ0) is 9.73. The lowest BCUT2D eigenvalue weighted by molar-refractivity contribution is -0.116. The Hall–Kier alpha value is -1.31. The Kier molecular flexibility index (Phi) is 3.07. The second kappa shape index (κ2) is 4.08. The smallest absolute Gasteiger partial charge is 0.128 e. The highest BCUT2D eigenvalue weighted by atomic mass is 16.5. The third-order valence-electron chi connectivity index (χ3n) is 1.67. The molecule has 0 aliphatic heterocycles. The van der Waals surface area contributed by atoms with Gasteiger partial charge in [-0.25, -0.2) is 0 Å². The Balaban J connectivity index is 2.48. The van der Waals surface area contributed by atoms with Gasteiger partial charge in [0.05, 0.1) is 12.0 Å². The summed E-state index contributed by atoms with van der Waals surface area (Å²) in [5.74, 6) is 0.803. The molecule has 2 heteroatoms. The number of benzene rings is 1. The lowest BCUT2D eigenvalue weighted by Gasteiger charge is -2.17. The summed E-state index contributed by atoms with van der Waals surface area (Å²) < 4.78 is 5.43. The molecule has 0 aromatic heterocycles. The van der Waals surface area contributed by atoms with E-state index in [1.165, 1.54) is 0 Å². The molecule has 0 aliphatic rings. The molecule has 1 aromatic carbocycles. The molecule has 2 nitrogen and oxygen atoms in total. The lowest BCUT2D eigenvalue weighted by atomic mass is 9.98. The number of rotatable bonds is 4. The summed E-state index contributed by atoms with van der Waals surface area (Å²) in [6.07, 6.45) is 0.913. The maximum atomic E-state index is 10.6. The molecule has 0 heterocycles. The standard InChI is InChI=1S/C11H14O2/c1-11(2,8-12)9-13-10-6-4-3-5-7-10/h3-8H,9H2,1-2H3. The second-order valence-electron chi connectivity index (χ2n) is 3.71. The van der Waals surface area contributed by atoms with Crippen LogP contribution in [-0.4, -0.2) is 12.9 Å². The van der Waals surface area contributed by atoms with Crippen molar-refractivity contribution in [1.29, 1.82) is 0 Å². The van der Waals surface area contributed by atoms with Crippen molar-refractivity contribution < 1.29 is 9.53 Å². The number of aldehydes is 1. The van der Waals surface area contributed by atoms with Crippen LogP contribution >= 0.6 is 0 Å². The fourth-order valence-electron chi connectivity index (χ4n) is 0.820. The van der Waals surface area contributed by atoms with Crippen LogP contribution in [0.15, 0.2) is 30.3 Å². The number of hydrogen-bond acceptors (Lipinski definition) is 2. The van der Waals surface area contributed by atoms with Crippen molar-refractivity contribution in [1.82, 2.24) is 0 Å². The van der Waals surface area contributed by atoms with Gasteiger partial charge < -0.3 is 9.53 Å². The third-order valence-corrected chi connectivity index (χ3v) is 1.67. The van der Waals surface area contributed by atoms with Crippen molar-refractivity contribution in [2.45, 2.75) is 13.8 Å². The number of ether oxygens (including phenoxy) is 1. The Bertz CT molecular complexity index is 265. The molecule has 0 fully saturated rings. The van der Waals surface area contributed by atoms with Gasteiger partial charge in [-0.15, -0.1) is 0 Å². The van der Waals surface area contributed by atoms with Crippen LogP contribution in [0.2, 0.25) is 0 Å². The highest BCUT2D eigenvalue weighted by Gasteiger charge is 2.17. The van der Waals surface area contributed by atoms with Crippen molar-refractivity contribution in [3.05, 3.63) is 30.3 Å². The quantitative estimate of drug-likeness (QED) is 0.661. The number of para-hydroxylation sites is 1. The Morgan fingerprint density at radius 1 is 1.31 bits per heavy atom. The fraction of sp³-hybridized carbons (Fsp3) is 0.364. The molecule has 70 valence electrons. The largest absolute Gasteiger partial charge is 0.493 e. The monoisotopic (exact) mass is 178 g/mol. The minimum atomic E-state index is -0.407. The van der Waals surface area contributed by atoms with Gasteiger partial charge in [-0.1, -0.05) is 18.2 Å². The van der Waals surface area contributed by atoms with Crippen LogP contribution in [0.1, 0.15) is 13.8 Å². The molecule has 1 rings (SSSR count). The van der Waals surface area contributed by atoms with Gasteiger partial charge in [-0.05, 0) is 26.0 Å². The van der Waals surface area contributed by atoms with E-state index in [0.29, 0.717) is 6.61 Å². The molecule has 0 N–H and O–H groups in total. The van der Waals surface area contributed by atoms with Crippen molar-refractivity contribution >= 4 is 6.29 Å². The summed E-state index contributed by atoms with van der Waals surface area (Å²) in [5.41, 5.74) is -0.407. The Morgan fingerprint density at radius 3 is 2.46 bits per heavy atom. The van der Waals surface area contributed by atoms with Gasteiger partial charge in [0.2, 0.25) is 0 Å². The Morgan fingerprint density at radius 2 is 1.92 bits per heavy atom. The van der Waals surface area contributed by atoms with Crippen molar-refractivity contribution in [3.63, 3.8) is 0 Å². The van der Waals surface area contributed by atoms with E-state index in [4.69, 9.17) is 4.74 Å². The van der Waals surface area contributed by atoms with E-state index in [-0.39, 0.29) is 0 Å². The highest BCUT2D eigenvalue weighted by molar-refractivity contribution is 5.58. The maximum absolute atomic E-state index is 10.6. The summed E-state index contributed by atoms with van der Waals surface area (Å²) in [6.45, 7) is 4.12. The molecule has 0 saturated carbocycles. The van der Waals surface area contributed by atoms with Crippen LogP contribution in [0.4, 0.5) is 0 Å². The van der Waals surface area contributed by atoms with Crippen molar-refractivity contribution in [2.24, 2.45) is 5.41 Å².